The van der Waals surface area contributed by atoms with Crippen molar-refractivity contribution in [3.05, 3.63) is 36.5 Å². The van der Waals surface area contributed by atoms with E-state index in [4.69, 9.17) is 5.11 Å². The van der Waals surface area contributed by atoms with E-state index in [1.807, 2.05) is 12.1 Å². The van der Waals surface area contributed by atoms with Crippen molar-refractivity contribution in [2.45, 2.75) is 38.6 Å². The van der Waals surface area contributed by atoms with Crippen LogP contribution in [-0.4, -0.2) is 28.1 Å². The van der Waals surface area contributed by atoms with Gasteiger partial charge < -0.3 is 15.0 Å². The van der Waals surface area contributed by atoms with E-state index < -0.39 is 5.97 Å². The van der Waals surface area contributed by atoms with Gasteiger partial charge in [-0.15, -0.1) is 0 Å². The van der Waals surface area contributed by atoms with E-state index in [1.54, 1.807) is 0 Å². The predicted molar refractivity (Wildman–Crippen MR) is 85.7 cm³/mol. The van der Waals surface area contributed by atoms with Gasteiger partial charge >= 0.3 is 5.97 Å². The number of carbonyl (C=O) groups is 2. The number of hydrogen-bond acceptors (Lipinski definition) is 2. The molecule has 2 rings (SSSR count). The predicted octanol–water partition coefficient (Wildman–Crippen LogP) is 2.79. The fourth-order valence-electron chi connectivity index (χ4n) is 2.46. The number of aryl methyl sites for hydroxylation is 1. The smallest absolute Gasteiger partial charge is 0.303 e. The number of fused-ring (bicyclic) bond motifs is 1. The molecule has 1 aromatic heterocycles. The Balaban J connectivity index is 1.63. The zero-order valence-electron chi connectivity index (χ0n) is 12.6. The maximum atomic E-state index is 11.6. The number of carboxylic acid groups (broad SMARTS) is 1. The number of hydrogen-bond donors (Lipinski definition) is 2. The van der Waals surface area contributed by atoms with Gasteiger partial charge in [-0.2, -0.15) is 0 Å². The quantitative estimate of drug-likeness (QED) is 0.700. The highest BCUT2D eigenvalue weighted by Gasteiger charge is 2.03. The molecule has 5 nitrogen and oxygen atoms in total. The van der Waals surface area contributed by atoms with E-state index in [1.165, 1.54) is 10.9 Å². The summed E-state index contributed by atoms with van der Waals surface area (Å²) in [5.41, 5.74) is 1.21. The molecule has 1 heterocycles. The normalized spacial score (nSPS) is 10.7. The van der Waals surface area contributed by atoms with E-state index >= 15 is 0 Å². The lowest BCUT2D eigenvalue weighted by Gasteiger charge is -2.07. The third-order valence-electron chi connectivity index (χ3n) is 3.62. The van der Waals surface area contributed by atoms with Crippen LogP contribution in [0, 0.1) is 0 Å². The highest BCUT2D eigenvalue weighted by molar-refractivity contribution is 5.79. The standard InChI is InChI=1S/C17H22N2O3/c20-16(8-3-4-9-17(21)22)18-11-5-12-19-13-10-14-6-1-2-7-15(14)19/h1-2,6-7,10,13H,3-5,8-9,11-12H2,(H,18,20)(H,21,22). The molecule has 22 heavy (non-hydrogen) atoms. The maximum absolute atomic E-state index is 11.6. The average molecular weight is 302 g/mol. The molecule has 0 aliphatic rings. The zero-order chi connectivity index (χ0) is 15.8. The number of para-hydroxylation sites is 1. The van der Waals surface area contributed by atoms with E-state index in [9.17, 15) is 9.59 Å². The number of rotatable bonds is 9. The number of nitrogens with one attached hydrogen (secondary N) is 1. The molecule has 5 heteroatoms. The second kappa shape index (κ2) is 8.22. The first-order valence-corrected chi connectivity index (χ1v) is 7.69. The number of aliphatic carboxylic acids is 1. The second-order valence-electron chi connectivity index (χ2n) is 5.37. The Hall–Kier alpha value is -2.30. The molecule has 2 N–H and O–H groups in total. The van der Waals surface area contributed by atoms with Crippen molar-refractivity contribution in [2.75, 3.05) is 6.54 Å². The van der Waals surface area contributed by atoms with Crippen LogP contribution in [0.3, 0.4) is 0 Å². The lowest BCUT2D eigenvalue weighted by atomic mass is 10.2. The van der Waals surface area contributed by atoms with Crippen LogP contribution in [0.1, 0.15) is 32.1 Å². The molecule has 118 valence electrons. The Morgan fingerprint density at radius 2 is 1.82 bits per heavy atom. The maximum Gasteiger partial charge on any atom is 0.303 e. The van der Waals surface area contributed by atoms with Gasteiger partial charge in [0.05, 0.1) is 0 Å². The highest BCUT2D eigenvalue weighted by atomic mass is 16.4. The Kier molecular flexibility index (Phi) is 6.01. The summed E-state index contributed by atoms with van der Waals surface area (Å²) in [5, 5.41) is 12.6. The molecule has 0 spiro atoms. The third kappa shape index (κ3) is 4.91. The third-order valence-corrected chi connectivity index (χ3v) is 3.62. The number of carbonyl (C=O) groups excluding carboxylic acids is 1. The van der Waals surface area contributed by atoms with Crippen molar-refractivity contribution in [1.82, 2.24) is 9.88 Å². The molecule has 0 saturated heterocycles. The number of benzene rings is 1. The summed E-state index contributed by atoms with van der Waals surface area (Å²) in [4.78, 5) is 22.0. The van der Waals surface area contributed by atoms with E-state index in [0.29, 0.717) is 25.8 Å². The van der Waals surface area contributed by atoms with Gasteiger partial charge in [-0.25, -0.2) is 0 Å². The molecule has 0 fully saturated rings. The Morgan fingerprint density at radius 1 is 1.05 bits per heavy atom. The number of aromatic nitrogens is 1. The fraction of sp³-hybridized carbons (Fsp3) is 0.412. The van der Waals surface area contributed by atoms with Gasteiger partial charge in [0.2, 0.25) is 5.91 Å². The van der Waals surface area contributed by atoms with Gasteiger partial charge in [-0.3, -0.25) is 9.59 Å². The number of amides is 1. The lowest BCUT2D eigenvalue weighted by Crippen LogP contribution is -2.24. The molecular formula is C17H22N2O3. The molecule has 0 saturated carbocycles. The summed E-state index contributed by atoms with van der Waals surface area (Å²) >= 11 is 0. The minimum atomic E-state index is -0.806. The van der Waals surface area contributed by atoms with Gasteiger partial charge in [0.25, 0.3) is 0 Å². The Labute approximate surface area is 129 Å². The number of nitrogens with zero attached hydrogens (tertiary/aromatic N) is 1. The van der Waals surface area contributed by atoms with Crippen molar-refractivity contribution < 1.29 is 14.7 Å². The second-order valence-corrected chi connectivity index (χ2v) is 5.37. The molecule has 0 atom stereocenters. The molecule has 0 aliphatic carbocycles. The van der Waals surface area contributed by atoms with Crippen molar-refractivity contribution in [1.29, 1.82) is 0 Å². The van der Waals surface area contributed by atoms with Crippen molar-refractivity contribution in [3.8, 4) is 0 Å². The molecule has 1 aromatic carbocycles. The van der Waals surface area contributed by atoms with Gasteiger partial charge in [-0.05, 0) is 36.8 Å². The van der Waals surface area contributed by atoms with Gasteiger partial charge in [0.15, 0.2) is 0 Å². The molecule has 0 aliphatic heterocycles. The topological polar surface area (TPSA) is 71.3 Å². The van der Waals surface area contributed by atoms with Crippen LogP contribution < -0.4 is 5.32 Å². The van der Waals surface area contributed by atoms with Crippen LogP contribution in [0.15, 0.2) is 36.5 Å². The summed E-state index contributed by atoms with van der Waals surface area (Å²) in [5.74, 6) is -0.804. The zero-order valence-corrected chi connectivity index (χ0v) is 12.6. The summed E-state index contributed by atoms with van der Waals surface area (Å²) < 4.78 is 2.19. The summed E-state index contributed by atoms with van der Waals surface area (Å²) in [6.45, 7) is 1.51. The van der Waals surface area contributed by atoms with Crippen molar-refractivity contribution in [3.63, 3.8) is 0 Å². The fourth-order valence-corrected chi connectivity index (χ4v) is 2.46. The minimum absolute atomic E-state index is 0.00255. The number of unbranched alkanes of at least 4 members (excludes halogenated alkanes) is 1. The van der Waals surface area contributed by atoms with Gasteiger partial charge in [0, 0.05) is 37.6 Å². The van der Waals surface area contributed by atoms with Crippen LogP contribution >= 0.6 is 0 Å². The van der Waals surface area contributed by atoms with Gasteiger partial charge in [-0.1, -0.05) is 18.2 Å². The molecule has 2 aromatic rings. The van der Waals surface area contributed by atoms with E-state index in [-0.39, 0.29) is 12.3 Å². The Morgan fingerprint density at radius 3 is 2.64 bits per heavy atom. The molecule has 0 unspecified atom stereocenters. The first kappa shape index (κ1) is 16.1. The van der Waals surface area contributed by atoms with Crippen LogP contribution in [0.5, 0.6) is 0 Å². The summed E-state index contributed by atoms with van der Waals surface area (Å²) in [7, 11) is 0. The first-order chi connectivity index (χ1) is 10.7. The highest BCUT2D eigenvalue weighted by Crippen LogP contribution is 2.15. The minimum Gasteiger partial charge on any atom is -0.481 e. The Bertz CT molecular complexity index is 634. The largest absolute Gasteiger partial charge is 0.481 e. The van der Waals surface area contributed by atoms with Crippen molar-refractivity contribution in [2.24, 2.45) is 0 Å². The van der Waals surface area contributed by atoms with Crippen LogP contribution in [0.4, 0.5) is 0 Å². The van der Waals surface area contributed by atoms with Crippen LogP contribution in [0.25, 0.3) is 10.9 Å². The molecule has 0 bridgehead atoms. The lowest BCUT2D eigenvalue weighted by molar-refractivity contribution is -0.137. The average Bonchev–Trinajstić information content (AvgIpc) is 2.91. The number of carboxylic acids is 1. The molecule has 1 amide bonds. The summed E-state index contributed by atoms with van der Waals surface area (Å²) in [6, 6.07) is 10.3. The monoisotopic (exact) mass is 302 g/mol. The van der Waals surface area contributed by atoms with E-state index in [0.717, 1.165) is 13.0 Å². The first-order valence-electron chi connectivity index (χ1n) is 7.69. The SMILES string of the molecule is O=C(O)CCCCC(=O)NCCCn1ccc2ccccc21. The van der Waals surface area contributed by atoms with Crippen LogP contribution in [-0.2, 0) is 16.1 Å². The summed E-state index contributed by atoms with van der Waals surface area (Å²) in [6.07, 6.45) is 4.66. The van der Waals surface area contributed by atoms with Gasteiger partial charge in [0.1, 0.15) is 0 Å². The van der Waals surface area contributed by atoms with E-state index in [2.05, 4.69) is 34.3 Å². The van der Waals surface area contributed by atoms with Crippen molar-refractivity contribution >= 4 is 22.8 Å². The molecule has 0 radical (unpaired) electrons. The van der Waals surface area contributed by atoms with Crippen LogP contribution in [0.2, 0.25) is 0 Å². The molecular weight excluding hydrogens is 280 g/mol.